The molecule has 2 aromatic heterocycles. The summed E-state index contributed by atoms with van der Waals surface area (Å²) in [6, 6.07) is 13.3. The lowest BCUT2D eigenvalue weighted by molar-refractivity contribution is -0.140. The second-order valence-electron chi connectivity index (χ2n) is 7.75. The van der Waals surface area contributed by atoms with Crippen LogP contribution in [-0.4, -0.2) is 37.7 Å². The number of nitrogens with zero attached hydrogens (tertiary/aromatic N) is 3. The standard InChI is InChI=1S/C24H21FN4O2/c25-19-8-3-1-7-17(19)22-21(18-14-27-20-9-4-2-6-16(18)20)23(30)24(31)29(22)12-5-11-28-13-10-26-15-28/h1-4,6-10,13-15,21-22,27H,5,11-12H2. The highest BCUT2D eigenvalue weighted by molar-refractivity contribution is 6.40. The molecule has 1 amide bonds. The largest absolute Gasteiger partial charge is 0.361 e. The number of aryl methyl sites for hydroxylation is 1. The fourth-order valence-electron chi connectivity index (χ4n) is 4.53. The molecule has 2 aromatic carbocycles. The number of nitrogens with one attached hydrogen (secondary N) is 1. The van der Waals surface area contributed by atoms with E-state index in [-0.39, 0.29) is 0 Å². The van der Waals surface area contributed by atoms with Gasteiger partial charge in [-0.3, -0.25) is 9.59 Å². The minimum absolute atomic E-state index is 0.348. The summed E-state index contributed by atoms with van der Waals surface area (Å²) >= 11 is 0. The van der Waals surface area contributed by atoms with E-state index in [9.17, 15) is 14.0 Å². The summed E-state index contributed by atoms with van der Waals surface area (Å²) in [5.74, 6) is -2.25. The third kappa shape index (κ3) is 3.32. The number of benzene rings is 2. The number of amides is 1. The number of imidazole rings is 1. The van der Waals surface area contributed by atoms with Gasteiger partial charge in [-0.2, -0.15) is 0 Å². The zero-order valence-electron chi connectivity index (χ0n) is 16.7. The summed E-state index contributed by atoms with van der Waals surface area (Å²) in [5.41, 5.74) is 1.96. The van der Waals surface area contributed by atoms with Crippen LogP contribution in [0.5, 0.6) is 0 Å². The maximum absolute atomic E-state index is 14.9. The van der Waals surface area contributed by atoms with Crippen LogP contribution in [0.3, 0.4) is 0 Å². The summed E-state index contributed by atoms with van der Waals surface area (Å²) in [6.07, 6.45) is 7.64. The van der Waals surface area contributed by atoms with Gasteiger partial charge in [0.15, 0.2) is 0 Å². The van der Waals surface area contributed by atoms with Crippen molar-refractivity contribution in [3.05, 3.63) is 90.4 Å². The number of aromatic amines is 1. The van der Waals surface area contributed by atoms with E-state index in [0.717, 1.165) is 16.5 Å². The maximum Gasteiger partial charge on any atom is 0.291 e. The van der Waals surface area contributed by atoms with Crippen molar-refractivity contribution in [2.75, 3.05) is 6.54 Å². The number of rotatable bonds is 6. The van der Waals surface area contributed by atoms with Gasteiger partial charge in [0, 0.05) is 48.1 Å². The maximum atomic E-state index is 14.9. The lowest BCUT2D eigenvalue weighted by atomic mass is 9.86. The number of likely N-dealkylation sites (tertiary alicyclic amines) is 1. The van der Waals surface area contributed by atoms with E-state index in [1.165, 1.54) is 11.0 Å². The molecule has 0 spiro atoms. The third-order valence-corrected chi connectivity index (χ3v) is 5.96. The number of carbonyl (C=O) groups excluding carboxylic acids is 2. The molecule has 2 unspecified atom stereocenters. The van der Waals surface area contributed by atoms with Crippen LogP contribution in [0.15, 0.2) is 73.4 Å². The second kappa shape index (κ2) is 7.83. The van der Waals surface area contributed by atoms with Gasteiger partial charge in [0.2, 0.25) is 5.78 Å². The van der Waals surface area contributed by atoms with Crippen molar-refractivity contribution in [2.24, 2.45) is 0 Å². The number of carbonyl (C=O) groups is 2. The van der Waals surface area contributed by atoms with E-state index < -0.39 is 29.5 Å². The Morgan fingerprint density at radius 1 is 1.00 bits per heavy atom. The van der Waals surface area contributed by atoms with Crippen molar-refractivity contribution in [3.8, 4) is 0 Å². The normalized spacial score (nSPS) is 18.9. The summed E-state index contributed by atoms with van der Waals surface area (Å²) < 4.78 is 16.8. The predicted octanol–water partition coefficient (Wildman–Crippen LogP) is 3.83. The number of hydrogen-bond donors (Lipinski definition) is 1. The van der Waals surface area contributed by atoms with Gasteiger partial charge in [0.25, 0.3) is 5.91 Å². The monoisotopic (exact) mass is 416 g/mol. The lowest BCUT2D eigenvalue weighted by Crippen LogP contribution is -2.31. The highest BCUT2D eigenvalue weighted by Crippen LogP contribution is 2.45. The highest BCUT2D eigenvalue weighted by atomic mass is 19.1. The van der Waals surface area contributed by atoms with Gasteiger partial charge in [0.1, 0.15) is 5.82 Å². The van der Waals surface area contributed by atoms with Gasteiger partial charge in [-0.25, -0.2) is 9.37 Å². The Labute approximate surface area is 178 Å². The first-order valence-electron chi connectivity index (χ1n) is 10.3. The molecule has 2 atom stereocenters. The van der Waals surface area contributed by atoms with Crippen molar-refractivity contribution < 1.29 is 14.0 Å². The van der Waals surface area contributed by atoms with Gasteiger partial charge in [-0.1, -0.05) is 36.4 Å². The average molecular weight is 416 g/mol. The quantitative estimate of drug-likeness (QED) is 0.486. The van der Waals surface area contributed by atoms with Gasteiger partial charge < -0.3 is 14.5 Å². The number of aromatic nitrogens is 3. The van der Waals surface area contributed by atoms with Crippen molar-refractivity contribution in [2.45, 2.75) is 24.9 Å². The zero-order chi connectivity index (χ0) is 21.4. The first kappa shape index (κ1) is 19.2. The Morgan fingerprint density at radius 3 is 2.61 bits per heavy atom. The fraction of sp³-hybridized carbons (Fsp3) is 0.208. The van der Waals surface area contributed by atoms with Crippen LogP contribution in [0, 0.1) is 5.82 Å². The average Bonchev–Trinajstić information content (AvgIpc) is 3.50. The number of hydrogen-bond acceptors (Lipinski definition) is 3. The van der Waals surface area contributed by atoms with E-state index in [2.05, 4.69) is 9.97 Å². The van der Waals surface area contributed by atoms with Crippen molar-refractivity contribution in [3.63, 3.8) is 0 Å². The smallest absolute Gasteiger partial charge is 0.291 e. The Morgan fingerprint density at radius 2 is 1.81 bits per heavy atom. The molecule has 0 bridgehead atoms. The Hall–Kier alpha value is -3.74. The summed E-state index contributed by atoms with van der Waals surface area (Å²) in [5, 5.41) is 0.871. The summed E-state index contributed by atoms with van der Waals surface area (Å²) in [6.45, 7) is 1.00. The van der Waals surface area contributed by atoms with Crippen LogP contribution < -0.4 is 0 Å². The van der Waals surface area contributed by atoms with Crippen molar-refractivity contribution >= 4 is 22.6 Å². The summed E-state index contributed by atoms with van der Waals surface area (Å²) in [7, 11) is 0. The van der Waals surface area contributed by atoms with Gasteiger partial charge >= 0.3 is 0 Å². The second-order valence-corrected chi connectivity index (χ2v) is 7.75. The number of Topliss-reactive ketones (excluding diaryl/α,β-unsaturated/α-hetero) is 1. The molecule has 6 nitrogen and oxygen atoms in total. The highest BCUT2D eigenvalue weighted by Gasteiger charge is 2.49. The van der Waals surface area contributed by atoms with Crippen LogP contribution in [0.2, 0.25) is 0 Å². The molecule has 0 saturated carbocycles. The summed E-state index contributed by atoms with van der Waals surface area (Å²) in [4.78, 5) is 35.0. The lowest BCUT2D eigenvalue weighted by Gasteiger charge is -2.28. The molecule has 5 rings (SSSR count). The van der Waals surface area contributed by atoms with Crippen LogP contribution in [0.1, 0.15) is 29.5 Å². The third-order valence-electron chi connectivity index (χ3n) is 5.96. The van der Waals surface area contributed by atoms with Crippen LogP contribution >= 0.6 is 0 Å². The van der Waals surface area contributed by atoms with E-state index in [0.29, 0.717) is 25.1 Å². The SMILES string of the molecule is O=C1C(=O)N(CCCn2ccnc2)C(c2ccccc2F)C1c1c[nH]c2ccccc12. The van der Waals surface area contributed by atoms with Crippen LogP contribution in [0.4, 0.5) is 4.39 Å². The van der Waals surface area contributed by atoms with Gasteiger partial charge in [0.05, 0.1) is 18.3 Å². The Kier molecular flexibility index (Phi) is 4.86. The van der Waals surface area contributed by atoms with Crippen LogP contribution in [-0.2, 0) is 16.1 Å². The first-order valence-corrected chi connectivity index (χ1v) is 10.3. The van der Waals surface area contributed by atoms with E-state index in [1.54, 1.807) is 36.9 Å². The van der Waals surface area contributed by atoms with Crippen molar-refractivity contribution in [1.82, 2.24) is 19.4 Å². The molecule has 1 aliphatic rings. The topological polar surface area (TPSA) is 71.0 Å². The van der Waals surface area contributed by atoms with E-state index in [1.807, 2.05) is 35.0 Å². The molecule has 7 heteroatoms. The van der Waals surface area contributed by atoms with Gasteiger partial charge in [-0.05, 0) is 24.1 Å². The zero-order valence-corrected chi connectivity index (χ0v) is 16.7. The number of para-hydroxylation sites is 1. The van der Waals surface area contributed by atoms with E-state index >= 15 is 0 Å². The fourth-order valence-corrected chi connectivity index (χ4v) is 4.53. The molecule has 31 heavy (non-hydrogen) atoms. The number of H-pyrrole nitrogens is 1. The molecule has 0 aliphatic carbocycles. The molecule has 1 saturated heterocycles. The Bertz CT molecular complexity index is 1250. The molecular weight excluding hydrogens is 395 g/mol. The first-order chi connectivity index (χ1) is 15.1. The molecule has 3 heterocycles. The van der Waals surface area contributed by atoms with Crippen molar-refractivity contribution in [1.29, 1.82) is 0 Å². The Balaban J connectivity index is 1.55. The van der Waals surface area contributed by atoms with E-state index in [4.69, 9.17) is 0 Å². The molecule has 1 aliphatic heterocycles. The van der Waals surface area contributed by atoms with Gasteiger partial charge in [-0.15, -0.1) is 0 Å². The molecule has 1 fully saturated rings. The number of fused-ring (bicyclic) bond motifs is 1. The minimum Gasteiger partial charge on any atom is -0.361 e. The molecule has 1 N–H and O–H groups in total. The molecule has 156 valence electrons. The molecule has 0 radical (unpaired) electrons. The minimum atomic E-state index is -0.770. The number of ketones is 1. The van der Waals surface area contributed by atoms with Crippen LogP contribution in [0.25, 0.3) is 10.9 Å². The predicted molar refractivity (Wildman–Crippen MR) is 114 cm³/mol. The molecular formula is C24H21FN4O2. The molecule has 4 aromatic rings. The number of halogens is 1.